The predicted molar refractivity (Wildman–Crippen MR) is 90.5 cm³/mol. The highest BCUT2D eigenvalue weighted by Crippen LogP contribution is 2.29. The molecule has 5 nitrogen and oxygen atoms in total. The number of esters is 1. The van der Waals surface area contributed by atoms with Gasteiger partial charge in [0, 0.05) is 5.69 Å². The number of amides is 1. The van der Waals surface area contributed by atoms with Gasteiger partial charge in [-0.3, -0.25) is 9.59 Å². The zero-order chi connectivity index (χ0) is 20.0. The first-order valence-corrected chi connectivity index (χ1v) is 7.85. The van der Waals surface area contributed by atoms with Crippen LogP contribution in [0.5, 0.6) is 0 Å². The number of hydrogen-bond acceptors (Lipinski definition) is 4. The molecule has 0 aromatic heterocycles. The molecule has 1 atom stereocenters. The molecule has 1 amide bonds. The van der Waals surface area contributed by atoms with Crippen molar-refractivity contribution in [1.29, 1.82) is 5.26 Å². The van der Waals surface area contributed by atoms with E-state index in [1.165, 1.54) is 25.1 Å². The monoisotopic (exact) mass is 376 g/mol. The van der Waals surface area contributed by atoms with Crippen molar-refractivity contribution in [3.05, 3.63) is 65.2 Å². The van der Waals surface area contributed by atoms with Crippen molar-refractivity contribution in [2.75, 3.05) is 5.32 Å². The Bertz CT molecular complexity index is 888. The molecule has 0 saturated carbocycles. The molecule has 0 aliphatic carbocycles. The number of rotatable bonds is 5. The number of halogens is 3. The molecule has 8 heteroatoms. The van der Waals surface area contributed by atoms with Crippen LogP contribution in [-0.4, -0.2) is 18.0 Å². The first-order valence-electron chi connectivity index (χ1n) is 7.85. The van der Waals surface area contributed by atoms with Gasteiger partial charge in [0.2, 0.25) is 0 Å². The Morgan fingerprint density at radius 3 is 2.56 bits per heavy atom. The maximum Gasteiger partial charge on any atom is 0.416 e. The average Bonchev–Trinajstić information content (AvgIpc) is 2.61. The van der Waals surface area contributed by atoms with E-state index in [-0.39, 0.29) is 5.56 Å². The van der Waals surface area contributed by atoms with Crippen molar-refractivity contribution in [2.45, 2.75) is 25.6 Å². The van der Waals surface area contributed by atoms with E-state index >= 15 is 0 Å². The van der Waals surface area contributed by atoms with Crippen LogP contribution in [0.25, 0.3) is 0 Å². The Morgan fingerprint density at radius 1 is 1.19 bits per heavy atom. The van der Waals surface area contributed by atoms with E-state index in [2.05, 4.69) is 5.32 Å². The molecule has 0 saturated heterocycles. The van der Waals surface area contributed by atoms with Gasteiger partial charge in [-0.15, -0.1) is 0 Å². The van der Waals surface area contributed by atoms with Gasteiger partial charge in [0.05, 0.1) is 23.6 Å². The molecule has 0 heterocycles. The number of anilines is 1. The summed E-state index contributed by atoms with van der Waals surface area (Å²) in [7, 11) is 0. The Hall–Kier alpha value is -3.34. The Labute approximate surface area is 153 Å². The highest BCUT2D eigenvalue weighted by Gasteiger charge is 2.30. The summed E-state index contributed by atoms with van der Waals surface area (Å²) >= 11 is 0. The van der Waals surface area contributed by atoms with Gasteiger partial charge in [-0.05, 0) is 36.8 Å². The molecule has 1 N–H and O–H groups in total. The molecule has 0 unspecified atom stereocenters. The highest BCUT2D eigenvalue weighted by atomic mass is 19.4. The Balaban J connectivity index is 1.95. The lowest BCUT2D eigenvalue weighted by molar-refractivity contribution is -0.152. The minimum Gasteiger partial charge on any atom is -0.452 e. The van der Waals surface area contributed by atoms with Crippen LogP contribution in [0.3, 0.4) is 0 Å². The first-order chi connectivity index (χ1) is 12.7. The van der Waals surface area contributed by atoms with Crippen LogP contribution in [0.15, 0.2) is 48.5 Å². The number of carbonyl (C=O) groups is 2. The number of benzene rings is 2. The minimum absolute atomic E-state index is 0.129. The van der Waals surface area contributed by atoms with Gasteiger partial charge in [-0.1, -0.05) is 24.3 Å². The van der Waals surface area contributed by atoms with Crippen LogP contribution in [0.1, 0.15) is 23.6 Å². The number of ether oxygens (including phenoxy) is 1. The van der Waals surface area contributed by atoms with E-state index in [0.717, 1.165) is 12.1 Å². The summed E-state index contributed by atoms with van der Waals surface area (Å²) in [5.41, 5.74) is -0.0260. The third-order valence-electron chi connectivity index (χ3n) is 3.54. The predicted octanol–water partition coefficient (Wildman–Crippen LogP) is 3.69. The molecule has 140 valence electrons. The van der Waals surface area contributed by atoms with E-state index in [1.807, 2.05) is 6.07 Å². The zero-order valence-corrected chi connectivity index (χ0v) is 14.2. The molecule has 2 aromatic carbocycles. The van der Waals surface area contributed by atoms with Crippen LogP contribution in [0.4, 0.5) is 18.9 Å². The van der Waals surface area contributed by atoms with E-state index in [1.54, 1.807) is 18.2 Å². The lowest BCUT2D eigenvalue weighted by atomic mass is 10.1. The van der Waals surface area contributed by atoms with E-state index in [9.17, 15) is 22.8 Å². The SMILES string of the molecule is C[C@H](OC(=O)Cc1cccc(C(F)(F)F)c1)C(=O)Nc1cccc(C#N)c1. The molecular weight excluding hydrogens is 361 g/mol. The van der Waals surface area contributed by atoms with Crippen molar-refractivity contribution in [3.63, 3.8) is 0 Å². The normalized spacial score (nSPS) is 12.0. The van der Waals surface area contributed by atoms with Crippen molar-refractivity contribution >= 4 is 17.6 Å². The third-order valence-corrected chi connectivity index (χ3v) is 3.54. The number of nitrogens with zero attached hydrogens (tertiary/aromatic N) is 1. The van der Waals surface area contributed by atoms with Gasteiger partial charge in [-0.2, -0.15) is 18.4 Å². The van der Waals surface area contributed by atoms with Gasteiger partial charge in [0.1, 0.15) is 0 Å². The number of alkyl halides is 3. The smallest absolute Gasteiger partial charge is 0.416 e. The minimum atomic E-state index is -4.51. The maximum absolute atomic E-state index is 12.7. The number of hydrogen-bond donors (Lipinski definition) is 1. The molecule has 0 spiro atoms. The zero-order valence-electron chi connectivity index (χ0n) is 14.2. The van der Waals surface area contributed by atoms with Crippen molar-refractivity contribution in [3.8, 4) is 6.07 Å². The van der Waals surface area contributed by atoms with E-state index < -0.39 is 36.1 Å². The summed E-state index contributed by atoms with van der Waals surface area (Å²) in [4.78, 5) is 24.0. The number of nitriles is 1. The van der Waals surface area contributed by atoms with Crippen LogP contribution in [0, 0.1) is 11.3 Å². The summed E-state index contributed by atoms with van der Waals surface area (Å²) in [6, 6.07) is 12.4. The fourth-order valence-electron chi connectivity index (χ4n) is 2.23. The third kappa shape index (κ3) is 5.85. The molecular formula is C19H15F3N2O3. The molecule has 0 bridgehead atoms. The van der Waals surface area contributed by atoms with Crippen LogP contribution < -0.4 is 5.32 Å². The summed E-state index contributed by atoms with van der Waals surface area (Å²) in [6.45, 7) is 1.34. The Kier molecular flexibility index (Phi) is 6.19. The summed E-state index contributed by atoms with van der Waals surface area (Å²) in [5.74, 6) is -1.45. The lowest BCUT2D eigenvalue weighted by Gasteiger charge is -2.14. The number of nitrogens with one attached hydrogen (secondary N) is 1. The summed E-state index contributed by atoms with van der Waals surface area (Å²) in [5, 5.41) is 11.3. The fourth-order valence-corrected chi connectivity index (χ4v) is 2.23. The van der Waals surface area contributed by atoms with Gasteiger partial charge >= 0.3 is 12.1 Å². The van der Waals surface area contributed by atoms with Gasteiger partial charge in [0.15, 0.2) is 6.10 Å². The maximum atomic E-state index is 12.7. The second-order valence-corrected chi connectivity index (χ2v) is 5.69. The first kappa shape index (κ1) is 20.0. The molecule has 27 heavy (non-hydrogen) atoms. The molecule has 2 aromatic rings. The number of carbonyl (C=O) groups excluding carboxylic acids is 2. The van der Waals surface area contributed by atoms with E-state index in [0.29, 0.717) is 11.3 Å². The molecule has 0 fully saturated rings. The van der Waals surface area contributed by atoms with Crippen molar-refractivity contribution in [1.82, 2.24) is 0 Å². The summed E-state index contributed by atoms with van der Waals surface area (Å²) in [6.07, 6.45) is -6.06. The standard InChI is InChI=1S/C19H15F3N2O3/c1-12(18(26)24-16-7-3-5-14(9-16)11-23)27-17(25)10-13-4-2-6-15(8-13)19(20,21)22/h2-9,12H,10H2,1H3,(H,24,26)/t12-/m0/s1. The van der Waals surface area contributed by atoms with Gasteiger partial charge in [-0.25, -0.2) is 0 Å². The molecule has 0 aliphatic heterocycles. The van der Waals surface area contributed by atoms with Gasteiger partial charge < -0.3 is 10.1 Å². The molecule has 0 aliphatic rings. The molecule has 2 rings (SSSR count). The van der Waals surface area contributed by atoms with E-state index in [4.69, 9.17) is 10.00 Å². The average molecular weight is 376 g/mol. The lowest BCUT2D eigenvalue weighted by Crippen LogP contribution is -2.30. The quantitative estimate of drug-likeness (QED) is 0.808. The fraction of sp³-hybridized carbons (Fsp3) is 0.211. The largest absolute Gasteiger partial charge is 0.452 e. The second-order valence-electron chi connectivity index (χ2n) is 5.69. The van der Waals surface area contributed by atoms with Crippen LogP contribution >= 0.6 is 0 Å². The topological polar surface area (TPSA) is 79.2 Å². The van der Waals surface area contributed by atoms with Crippen molar-refractivity contribution < 1.29 is 27.5 Å². The van der Waals surface area contributed by atoms with Crippen molar-refractivity contribution in [2.24, 2.45) is 0 Å². The van der Waals surface area contributed by atoms with Crippen LogP contribution in [-0.2, 0) is 26.9 Å². The summed E-state index contributed by atoms with van der Waals surface area (Å²) < 4.78 is 43.1. The molecule has 0 radical (unpaired) electrons. The second kappa shape index (κ2) is 8.36. The Morgan fingerprint density at radius 2 is 1.89 bits per heavy atom. The highest BCUT2D eigenvalue weighted by molar-refractivity contribution is 5.95. The van der Waals surface area contributed by atoms with Gasteiger partial charge in [0.25, 0.3) is 5.91 Å². The van der Waals surface area contributed by atoms with Crippen LogP contribution in [0.2, 0.25) is 0 Å².